The molecule has 1 aliphatic rings. The molecule has 0 radical (unpaired) electrons. The number of carbonyl (C=O) groups is 1. The molecule has 4 nitrogen and oxygen atoms in total. The Morgan fingerprint density at radius 3 is 2.67 bits per heavy atom. The van der Waals surface area contributed by atoms with Gasteiger partial charge in [0.25, 0.3) is 5.91 Å². The van der Waals surface area contributed by atoms with Crippen LogP contribution < -0.4 is 0 Å². The quantitative estimate of drug-likeness (QED) is 0.450. The Morgan fingerprint density at radius 2 is 2.08 bits per heavy atom. The predicted octanol–water partition coefficient (Wildman–Crippen LogP) is 0.631. The van der Waals surface area contributed by atoms with Crippen LogP contribution in [0.15, 0.2) is 5.16 Å². The van der Waals surface area contributed by atoms with Crippen LogP contribution in [0.2, 0.25) is 0 Å². The fourth-order valence-corrected chi connectivity index (χ4v) is 1.29. The Kier molecular flexibility index (Phi) is 3.57. The standard InChI is InChI=1S/C8H14N2O2/c1-12-9-7-8(11)10-5-3-2-4-6-10/h7H,2-6H2,1H3/b9-7+. The third-order valence-electron chi connectivity index (χ3n) is 1.94. The fraction of sp³-hybridized carbons (Fsp3) is 0.750. The van der Waals surface area contributed by atoms with E-state index in [1.54, 1.807) is 4.90 Å². The highest BCUT2D eigenvalue weighted by Gasteiger charge is 2.14. The number of likely N-dealkylation sites (tertiary alicyclic amines) is 1. The highest BCUT2D eigenvalue weighted by Crippen LogP contribution is 2.07. The highest BCUT2D eigenvalue weighted by atomic mass is 16.6. The van der Waals surface area contributed by atoms with Gasteiger partial charge in [0.15, 0.2) is 0 Å². The molecule has 1 amide bonds. The minimum atomic E-state index is -0.0449. The second-order valence-electron chi connectivity index (χ2n) is 2.80. The molecular formula is C8H14N2O2. The zero-order valence-corrected chi connectivity index (χ0v) is 7.32. The Hall–Kier alpha value is -1.06. The van der Waals surface area contributed by atoms with E-state index < -0.39 is 0 Å². The number of oxime groups is 1. The molecule has 0 aromatic heterocycles. The average Bonchev–Trinajstić information content (AvgIpc) is 2.15. The van der Waals surface area contributed by atoms with Gasteiger partial charge in [0.05, 0.1) is 0 Å². The number of rotatable bonds is 2. The maximum absolute atomic E-state index is 11.3. The van der Waals surface area contributed by atoms with Crippen molar-refractivity contribution in [3.8, 4) is 0 Å². The molecule has 1 saturated heterocycles. The summed E-state index contributed by atoms with van der Waals surface area (Å²) in [6.45, 7) is 1.71. The van der Waals surface area contributed by atoms with Crippen molar-refractivity contribution in [3.63, 3.8) is 0 Å². The van der Waals surface area contributed by atoms with Crippen molar-refractivity contribution in [2.45, 2.75) is 19.3 Å². The predicted molar refractivity (Wildman–Crippen MR) is 45.9 cm³/mol. The maximum atomic E-state index is 11.3. The van der Waals surface area contributed by atoms with E-state index in [1.165, 1.54) is 19.7 Å². The molecule has 0 aliphatic carbocycles. The van der Waals surface area contributed by atoms with E-state index in [2.05, 4.69) is 9.99 Å². The van der Waals surface area contributed by atoms with Gasteiger partial charge in [-0.15, -0.1) is 0 Å². The molecule has 0 aromatic rings. The van der Waals surface area contributed by atoms with E-state index in [0.717, 1.165) is 25.9 Å². The molecule has 1 rings (SSSR count). The van der Waals surface area contributed by atoms with Crippen molar-refractivity contribution in [1.29, 1.82) is 0 Å². The van der Waals surface area contributed by atoms with Gasteiger partial charge in [0.2, 0.25) is 0 Å². The van der Waals surface area contributed by atoms with E-state index in [1.807, 2.05) is 0 Å². The minimum absolute atomic E-state index is 0.0449. The molecule has 0 spiro atoms. The summed E-state index contributed by atoms with van der Waals surface area (Å²) in [6, 6.07) is 0. The van der Waals surface area contributed by atoms with Crippen LogP contribution in [0.4, 0.5) is 0 Å². The number of hydrogen-bond acceptors (Lipinski definition) is 3. The monoisotopic (exact) mass is 170 g/mol. The Morgan fingerprint density at radius 1 is 1.42 bits per heavy atom. The van der Waals surface area contributed by atoms with E-state index in [-0.39, 0.29) is 5.91 Å². The zero-order valence-electron chi connectivity index (χ0n) is 7.32. The zero-order chi connectivity index (χ0) is 8.81. The Bertz CT molecular complexity index is 174. The Labute approximate surface area is 72.2 Å². The van der Waals surface area contributed by atoms with Crippen molar-refractivity contribution in [3.05, 3.63) is 0 Å². The lowest BCUT2D eigenvalue weighted by Crippen LogP contribution is -2.36. The molecule has 4 heteroatoms. The molecule has 1 aliphatic heterocycles. The molecule has 12 heavy (non-hydrogen) atoms. The van der Waals surface area contributed by atoms with Crippen molar-refractivity contribution in [2.75, 3.05) is 20.2 Å². The second kappa shape index (κ2) is 4.74. The number of hydrogen-bond donors (Lipinski definition) is 0. The maximum Gasteiger partial charge on any atom is 0.268 e. The van der Waals surface area contributed by atoms with Crippen LogP contribution in [0.1, 0.15) is 19.3 Å². The molecule has 1 heterocycles. The van der Waals surface area contributed by atoms with Crippen LogP contribution in [0.3, 0.4) is 0 Å². The lowest BCUT2D eigenvalue weighted by atomic mass is 10.1. The first-order valence-electron chi connectivity index (χ1n) is 4.20. The van der Waals surface area contributed by atoms with Crippen LogP contribution >= 0.6 is 0 Å². The van der Waals surface area contributed by atoms with Crippen LogP contribution in [0, 0.1) is 0 Å². The normalized spacial score (nSPS) is 18.2. The van der Waals surface area contributed by atoms with Gasteiger partial charge in [-0.3, -0.25) is 4.79 Å². The molecule has 0 atom stereocenters. The topological polar surface area (TPSA) is 41.9 Å². The summed E-state index contributed by atoms with van der Waals surface area (Å²) in [4.78, 5) is 17.5. The summed E-state index contributed by atoms with van der Waals surface area (Å²) < 4.78 is 0. The molecule has 0 N–H and O–H groups in total. The van der Waals surface area contributed by atoms with Crippen molar-refractivity contribution in [2.24, 2.45) is 5.16 Å². The van der Waals surface area contributed by atoms with E-state index in [0.29, 0.717) is 0 Å². The third-order valence-corrected chi connectivity index (χ3v) is 1.94. The molecule has 0 saturated carbocycles. The van der Waals surface area contributed by atoms with E-state index >= 15 is 0 Å². The summed E-state index contributed by atoms with van der Waals surface area (Å²) in [5.74, 6) is -0.0449. The molecule has 0 aromatic carbocycles. The summed E-state index contributed by atoms with van der Waals surface area (Å²) in [5.41, 5.74) is 0. The average molecular weight is 170 g/mol. The lowest BCUT2D eigenvalue weighted by molar-refractivity contribution is -0.124. The number of piperidine rings is 1. The van der Waals surface area contributed by atoms with Gasteiger partial charge >= 0.3 is 0 Å². The highest BCUT2D eigenvalue weighted by molar-refractivity contribution is 6.25. The van der Waals surface area contributed by atoms with Crippen LogP contribution in [-0.4, -0.2) is 37.2 Å². The first-order chi connectivity index (χ1) is 5.84. The molecule has 1 fully saturated rings. The van der Waals surface area contributed by atoms with Gasteiger partial charge < -0.3 is 9.74 Å². The van der Waals surface area contributed by atoms with E-state index in [9.17, 15) is 4.79 Å². The minimum Gasteiger partial charge on any atom is -0.399 e. The number of carbonyl (C=O) groups excluding carboxylic acids is 1. The summed E-state index contributed by atoms with van der Waals surface area (Å²) in [6.07, 6.45) is 4.66. The molecule has 0 bridgehead atoms. The number of nitrogens with zero attached hydrogens (tertiary/aromatic N) is 2. The van der Waals surface area contributed by atoms with Gasteiger partial charge in [-0.05, 0) is 19.3 Å². The van der Waals surface area contributed by atoms with Crippen LogP contribution in [0.5, 0.6) is 0 Å². The van der Waals surface area contributed by atoms with Gasteiger partial charge in [-0.1, -0.05) is 5.16 Å². The number of amides is 1. The van der Waals surface area contributed by atoms with Gasteiger partial charge in [0, 0.05) is 13.1 Å². The molecule has 68 valence electrons. The van der Waals surface area contributed by atoms with Gasteiger partial charge in [-0.2, -0.15) is 0 Å². The summed E-state index contributed by atoms with van der Waals surface area (Å²) >= 11 is 0. The van der Waals surface area contributed by atoms with Crippen LogP contribution in [-0.2, 0) is 9.63 Å². The molecular weight excluding hydrogens is 156 g/mol. The first kappa shape index (κ1) is 9.03. The van der Waals surface area contributed by atoms with Crippen LogP contribution in [0.25, 0.3) is 0 Å². The third kappa shape index (κ3) is 2.53. The van der Waals surface area contributed by atoms with Gasteiger partial charge in [0.1, 0.15) is 13.3 Å². The SMILES string of the molecule is CO/N=C/C(=O)N1CCCCC1. The van der Waals surface area contributed by atoms with E-state index in [4.69, 9.17) is 0 Å². The van der Waals surface area contributed by atoms with Crippen molar-refractivity contribution < 1.29 is 9.63 Å². The van der Waals surface area contributed by atoms with Crippen molar-refractivity contribution >= 4 is 12.1 Å². The largest absolute Gasteiger partial charge is 0.399 e. The Balaban J connectivity index is 2.34. The molecule has 0 unspecified atom stereocenters. The summed E-state index contributed by atoms with van der Waals surface area (Å²) in [5, 5.41) is 3.43. The van der Waals surface area contributed by atoms with Crippen molar-refractivity contribution in [1.82, 2.24) is 4.90 Å². The smallest absolute Gasteiger partial charge is 0.268 e. The summed E-state index contributed by atoms with van der Waals surface area (Å²) in [7, 11) is 1.43. The second-order valence-corrected chi connectivity index (χ2v) is 2.80. The lowest BCUT2D eigenvalue weighted by Gasteiger charge is -2.24. The first-order valence-corrected chi connectivity index (χ1v) is 4.20. The fourth-order valence-electron chi connectivity index (χ4n) is 1.29. The van der Waals surface area contributed by atoms with Gasteiger partial charge in [-0.25, -0.2) is 0 Å².